The van der Waals surface area contributed by atoms with Gasteiger partial charge in [-0.3, -0.25) is 4.18 Å². The summed E-state index contributed by atoms with van der Waals surface area (Å²) in [6, 6.07) is 6.63. The first-order valence-corrected chi connectivity index (χ1v) is 11.8. The third-order valence-electron chi connectivity index (χ3n) is 4.07. The smallest absolute Gasteiger partial charge is 0.297 e. The lowest BCUT2D eigenvalue weighted by Gasteiger charge is -2.38. The van der Waals surface area contributed by atoms with Crippen molar-refractivity contribution in [3.05, 3.63) is 29.8 Å². The molecule has 0 aromatic heterocycles. The van der Waals surface area contributed by atoms with Crippen molar-refractivity contribution in [2.24, 2.45) is 0 Å². The Balaban J connectivity index is 2.67. The summed E-state index contributed by atoms with van der Waals surface area (Å²) in [6.07, 6.45) is -0.263. The van der Waals surface area contributed by atoms with Crippen LogP contribution in [0.1, 0.15) is 33.3 Å². The molecule has 0 fully saturated rings. The molecule has 0 saturated heterocycles. The highest BCUT2D eigenvalue weighted by molar-refractivity contribution is 7.86. The second-order valence-electron chi connectivity index (χ2n) is 7.24. The van der Waals surface area contributed by atoms with E-state index in [1.165, 1.54) is 0 Å². The highest BCUT2D eigenvalue weighted by Gasteiger charge is 2.38. The van der Waals surface area contributed by atoms with Crippen molar-refractivity contribution < 1.29 is 17.0 Å². The molecule has 0 aliphatic carbocycles. The van der Waals surface area contributed by atoms with Crippen LogP contribution < -0.4 is 0 Å². The first kappa shape index (κ1) is 19.4. The molecular formula is C16H28O4SSi. The van der Waals surface area contributed by atoms with E-state index in [1.54, 1.807) is 24.3 Å². The van der Waals surface area contributed by atoms with E-state index < -0.39 is 18.4 Å². The second-order valence-corrected chi connectivity index (χ2v) is 13.6. The van der Waals surface area contributed by atoms with Crippen LogP contribution in [0.3, 0.4) is 0 Å². The van der Waals surface area contributed by atoms with Gasteiger partial charge < -0.3 is 4.43 Å². The zero-order chi connectivity index (χ0) is 17.2. The molecule has 0 N–H and O–H groups in total. The molecule has 0 aliphatic rings. The average molecular weight is 345 g/mol. The summed E-state index contributed by atoms with van der Waals surface area (Å²) < 4.78 is 35.5. The molecular weight excluding hydrogens is 316 g/mol. The fourth-order valence-electron chi connectivity index (χ4n) is 1.67. The summed E-state index contributed by atoms with van der Waals surface area (Å²) in [6.45, 7) is 14.5. The van der Waals surface area contributed by atoms with Crippen LogP contribution in [0.15, 0.2) is 29.2 Å². The van der Waals surface area contributed by atoms with Crippen molar-refractivity contribution in [3.63, 3.8) is 0 Å². The van der Waals surface area contributed by atoms with Gasteiger partial charge in [0, 0.05) is 0 Å². The summed E-state index contributed by atoms with van der Waals surface area (Å²) >= 11 is 0. The van der Waals surface area contributed by atoms with Crippen LogP contribution in [0.5, 0.6) is 0 Å². The quantitative estimate of drug-likeness (QED) is 0.575. The molecule has 0 heterocycles. The van der Waals surface area contributed by atoms with E-state index in [4.69, 9.17) is 8.61 Å². The third kappa shape index (κ3) is 5.19. The predicted octanol–water partition coefficient (Wildman–Crippen LogP) is 4.11. The summed E-state index contributed by atoms with van der Waals surface area (Å²) in [5.74, 6) is 0. The molecule has 1 aromatic carbocycles. The van der Waals surface area contributed by atoms with E-state index in [0.717, 1.165) is 5.56 Å². The highest BCUT2D eigenvalue weighted by atomic mass is 32.2. The number of hydrogen-bond donors (Lipinski definition) is 0. The lowest BCUT2D eigenvalue weighted by Crippen LogP contribution is -2.44. The normalized spacial score (nSPS) is 14.9. The number of aryl methyl sites for hydroxylation is 1. The van der Waals surface area contributed by atoms with E-state index in [0.29, 0.717) is 0 Å². The standard InChI is InChI=1S/C16H28O4SSi/c1-13-8-10-15(11-9-13)21(17,18)19-12-14(2)20-22(6,7)16(3,4)5/h8-11,14H,12H2,1-7H3/t14-/m1/s1. The lowest BCUT2D eigenvalue weighted by molar-refractivity contribution is 0.132. The maximum absolute atomic E-state index is 12.1. The van der Waals surface area contributed by atoms with Crippen molar-refractivity contribution in [1.29, 1.82) is 0 Å². The summed E-state index contributed by atoms with van der Waals surface area (Å²) in [5.41, 5.74) is 1.01. The Morgan fingerprint density at radius 3 is 2.09 bits per heavy atom. The Kier molecular flexibility index (Phi) is 6.00. The van der Waals surface area contributed by atoms with Crippen molar-refractivity contribution >= 4 is 18.4 Å². The van der Waals surface area contributed by atoms with Crippen LogP contribution >= 0.6 is 0 Å². The van der Waals surface area contributed by atoms with Gasteiger partial charge >= 0.3 is 0 Å². The predicted molar refractivity (Wildman–Crippen MR) is 92.1 cm³/mol. The fourth-order valence-corrected chi connectivity index (χ4v) is 4.08. The van der Waals surface area contributed by atoms with E-state index in [9.17, 15) is 8.42 Å². The van der Waals surface area contributed by atoms with Crippen LogP contribution in [0.4, 0.5) is 0 Å². The molecule has 22 heavy (non-hydrogen) atoms. The van der Waals surface area contributed by atoms with E-state index in [-0.39, 0.29) is 22.6 Å². The Hall–Kier alpha value is -0.693. The molecule has 126 valence electrons. The van der Waals surface area contributed by atoms with Crippen LogP contribution in [0, 0.1) is 6.92 Å². The first-order valence-electron chi connectivity index (χ1n) is 7.49. The Labute approximate surface area is 136 Å². The second kappa shape index (κ2) is 6.82. The van der Waals surface area contributed by atoms with Gasteiger partial charge in [0.25, 0.3) is 10.1 Å². The SMILES string of the molecule is Cc1ccc(S(=O)(=O)OC[C@@H](C)O[Si](C)(C)C(C)(C)C)cc1. The van der Waals surface area contributed by atoms with Gasteiger partial charge in [-0.1, -0.05) is 38.5 Å². The highest BCUT2D eigenvalue weighted by Crippen LogP contribution is 2.37. The van der Waals surface area contributed by atoms with Crippen molar-refractivity contribution in [1.82, 2.24) is 0 Å². The molecule has 4 nitrogen and oxygen atoms in total. The summed E-state index contributed by atoms with van der Waals surface area (Å²) in [7, 11) is -5.65. The molecule has 6 heteroatoms. The maximum Gasteiger partial charge on any atom is 0.297 e. The van der Waals surface area contributed by atoms with Gasteiger partial charge in [0.15, 0.2) is 8.32 Å². The third-order valence-corrected chi connectivity index (χ3v) is 9.97. The molecule has 0 amide bonds. The first-order chi connectivity index (χ1) is 9.85. The minimum Gasteiger partial charge on any atom is -0.412 e. The molecule has 0 unspecified atom stereocenters. The average Bonchev–Trinajstić information content (AvgIpc) is 2.35. The van der Waals surface area contributed by atoms with E-state index in [1.807, 2.05) is 13.8 Å². The van der Waals surface area contributed by atoms with Gasteiger partial charge in [-0.15, -0.1) is 0 Å². The molecule has 0 saturated carbocycles. The summed E-state index contributed by atoms with van der Waals surface area (Å²) in [5, 5.41) is 0.0804. The van der Waals surface area contributed by atoms with Crippen molar-refractivity contribution in [2.45, 2.75) is 63.8 Å². The fraction of sp³-hybridized carbons (Fsp3) is 0.625. The Bertz CT molecular complexity index is 586. The minimum atomic E-state index is -3.73. The maximum atomic E-state index is 12.1. The number of benzene rings is 1. The molecule has 1 aromatic rings. The molecule has 0 spiro atoms. The molecule has 0 radical (unpaired) electrons. The molecule has 1 rings (SSSR count). The topological polar surface area (TPSA) is 52.6 Å². The van der Waals surface area contributed by atoms with Gasteiger partial charge in [-0.25, -0.2) is 0 Å². The van der Waals surface area contributed by atoms with E-state index >= 15 is 0 Å². The number of hydrogen-bond acceptors (Lipinski definition) is 4. The molecule has 1 atom stereocenters. The molecule has 0 bridgehead atoms. The van der Waals surface area contributed by atoms with Gasteiger partial charge in [0.2, 0.25) is 0 Å². The summed E-state index contributed by atoms with van der Waals surface area (Å²) in [4.78, 5) is 0.178. The van der Waals surface area contributed by atoms with Crippen LogP contribution in [0.25, 0.3) is 0 Å². The number of rotatable bonds is 6. The Morgan fingerprint density at radius 1 is 1.14 bits per heavy atom. The van der Waals surface area contributed by atoms with Gasteiger partial charge in [-0.05, 0) is 44.1 Å². The van der Waals surface area contributed by atoms with Crippen LogP contribution in [-0.2, 0) is 18.7 Å². The van der Waals surface area contributed by atoms with Crippen LogP contribution in [0.2, 0.25) is 18.1 Å². The monoisotopic (exact) mass is 344 g/mol. The Morgan fingerprint density at radius 2 is 1.64 bits per heavy atom. The van der Waals surface area contributed by atoms with E-state index in [2.05, 4.69) is 33.9 Å². The van der Waals surface area contributed by atoms with Gasteiger partial charge in [-0.2, -0.15) is 8.42 Å². The van der Waals surface area contributed by atoms with Crippen molar-refractivity contribution in [2.75, 3.05) is 6.61 Å². The zero-order valence-corrected chi connectivity index (χ0v) is 16.5. The van der Waals surface area contributed by atoms with Crippen LogP contribution in [-0.4, -0.2) is 29.4 Å². The van der Waals surface area contributed by atoms with Crippen molar-refractivity contribution in [3.8, 4) is 0 Å². The van der Waals surface area contributed by atoms with Gasteiger partial charge in [0.1, 0.15) is 0 Å². The largest absolute Gasteiger partial charge is 0.412 e. The zero-order valence-electron chi connectivity index (χ0n) is 14.6. The molecule has 0 aliphatic heterocycles. The van der Waals surface area contributed by atoms with Gasteiger partial charge in [0.05, 0.1) is 17.6 Å². The lowest BCUT2D eigenvalue weighted by atomic mass is 10.2. The minimum absolute atomic E-state index is 0.0305.